The van der Waals surface area contributed by atoms with E-state index in [1.165, 1.54) is 7.11 Å². The Morgan fingerprint density at radius 2 is 1.59 bits per heavy atom. The van der Waals surface area contributed by atoms with Crippen molar-refractivity contribution in [2.24, 2.45) is 5.41 Å². The predicted octanol–water partition coefficient (Wildman–Crippen LogP) is 1.67. The standard InChI is InChI=1S/C12H16F2O3/c1-17-8(15)9-2-10(13)5-11(14,3-9)7-12(16,4-9)6-10/h16H,2-7H2,1H3/t9?,10-,11+,12?. The van der Waals surface area contributed by atoms with Crippen LogP contribution in [0.3, 0.4) is 0 Å². The fourth-order valence-corrected chi connectivity index (χ4v) is 4.77. The zero-order valence-corrected chi connectivity index (χ0v) is 9.76. The minimum absolute atomic E-state index is 0.0132. The first kappa shape index (κ1) is 11.4. The molecule has 17 heavy (non-hydrogen) atoms. The van der Waals surface area contributed by atoms with E-state index < -0.39 is 28.3 Å². The first-order valence-electron chi connectivity index (χ1n) is 5.91. The molecule has 4 fully saturated rings. The molecule has 0 radical (unpaired) electrons. The zero-order valence-electron chi connectivity index (χ0n) is 9.76. The second kappa shape index (κ2) is 2.82. The second-order valence-electron chi connectivity index (χ2n) is 6.36. The maximum Gasteiger partial charge on any atom is 0.312 e. The van der Waals surface area contributed by atoms with Crippen LogP contribution in [0.25, 0.3) is 0 Å². The Morgan fingerprint density at radius 3 is 2.00 bits per heavy atom. The molecular weight excluding hydrogens is 230 g/mol. The van der Waals surface area contributed by atoms with Crippen LogP contribution in [-0.4, -0.2) is 35.1 Å². The van der Waals surface area contributed by atoms with Crippen molar-refractivity contribution in [2.45, 2.75) is 55.5 Å². The maximum atomic E-state index is 14.5. The highest BCUT2D eigenvalue weighted by Crippen LogP contribution is 2.67. The number of ether oxygens (including phenoxy) is 1. The molecule has 0 spiro atoms. The summed E-state index contributed by atoms with van der Waals surface area (Å²) in [5, 5.41) is 10.3. The largest absolute Gasteiger partial charge is 0.469 e. The van der Waals surface area contributed by atoms with Crippen molar-refractivity contribution >= 4 is 5.97 Å². The van der Waals surface area contributed by atoms with Gasteiger partial charge in [-0.25, -0.2) is 8.78 Å². The van der Waals surface area contributed by atoms with Gasteiger partial charge in [-0.15, -0.1) is 0 Å². The third kappa shape index (κ3) is 1.44. The number of hydrogen-bond donors (Lipinski definition) is 1. The van der Waals surface area contributed by atoms with E-state index in [0.717, 1.165) is 0 Å². The van der Waals surface area contributed by atoms with Crippen molar-refractivity contribution < 1.29 is 23.4 Å². The summed E-state index contributed by atoms with van der Waals surface area (Å²) >= 11 is 0. The van der Waals surface area contributed by atoms with E-state index in [4.69, 9.17) is 0 Å². The highest BCUT2D eigenvalue weighted by atomic mass is 19.2. The van der Waals surface area contributed by atoms with E-state index >= 15 is 0 Å². The summed E-state index contributed by atoms with van der Waals surface area (Å²) in [5.74, 6) is -0.584. The number of methoxy groups -OCH3 is 1. The molecule has 4 aliphatic carbocycles. The van der Waals surface area contributed by atoms with Crippen LogP contribution in [-0.2, 0) is 9.53 Å². The topological polar surface area (TPSA) is 46.5 Å². The van der Waals surface area contributed by atoms with Crippen LogP contribution in [0, 0.1) is 5.41 Å². The molecule has 2 unspecified atom stereocenters. The molecule has 4 rings (SSSR count). The summed E-state index contributed by atoms with van der Waals surface area (Å²) in [7, 11) is 1.22. The van der Waals surface area contributed by atoms with Crippen LogP contribution < -0.4 is 0 Å². The molecule has 1 N–H and O–H groups in total. The van der Waals surface area contributed by atoms with Gasteiger partial charge >= 0.3 is 5.97 Å². The highest BCUT2D eigenvalue weighted by molar-refractivity contribution is 5.78. The fraction of sp³-hybridized carbons (Fsp3) is 0.917. The van der Waals surface area contributed by atoms with Crippen LogP contribution >= 0.6 is 0 Å². The summed E-state index contributed by atoms with van der Waals surface area (Å²) in [5.41, 5.74) is -6.06. The summed E-state index contributed by atoms with van der Waals surface area (Å²) < 4.78 is 33.7. The SMILES string of the molecule is COC(=O)C12CC3(O)C[C@@](F)(C1)C[C@](F)(C3)C2. The van der Waals surface area contributed by atoms with E-state index in [9.17, 15) is 18.7 Å². The summed E-state index contributed by atoms with van der Waals surface area (Å²) in [6.07, 6.45) is -0.193. The Balaban J connectivity index is 2.07. The third-order valence-electron chi connectivity index (χ3n) is 4.52. The summed E-state index contributed by atoms with van der Waals surface area (Å²) in [6.45, 7) is 0. The maximum absolute atomic E-state index is 14.5. The lowest BCUT2D eigenvalue weighted by molar-refractivity contribution is -0.245. The molecule has 0 amide bonds. The zero-order chi connectivity index (χ0) is 12.5. The quantitative estimate of drug-likeness (QED) is 0.716. The van der Waals surface area contributed by atoms with E-state index in [0.29, 0.717) is 0 Å². The van der Waals surface area contributed by atoms with Crippen LogP contribution in [0.15, 0.2) is 0 Å². The molecule has 3 nitrogen and oxygen atoms in total. The van der Waals surface area contributed by atoms with Crippen LogP contribution in [0.1, 0.15) is 38.5 Å². The molecule has 96 valence electrons. The van der Waals surface area contributed by atoms with Gasteiger partial charge in [0.1, 0.15) is 11.3 Å². The van der Waals surface area contributed by atoms with Gasteiger partial charge in [0.2, 0.25) is 0 Å². The molecule has 0 heterocycles. The molecule has 0 aromatic rings. The third-order valence-corrected chi connectivity index (χ3v) is 4.52. The number of rotatable bonds is 1. The Kier molecular flexibility index (Phi) is 1.89. The van der Waals surface area contributed by atoms with Crippen LogP contribution in [0.2, 0.25) is 0 Å². The van der Waals surface area contributed by atoms with Gasteiger partial charge in [0, 0.05) is 19.3 Å². The first-order chi connectivity index (χ1) is 7.72. The molecule has 5 heteroatoms. The molecule has 4 saturated carbocycles. The van der Waals surface area contributed by atoms with Crippen LogP contribution in [0.5, 0.6) is 0 Å². The Bertz CT molecular complexity index is 342. The predicted molar refractivity (Wildman–Crippen MR) is 54.8 cm³/mol. The van der Waals surface area contributed by atoms with Crippen molar-refractivity contribution in [3.05, 3.63) is 0 Å². The van der Waals surface area contributed by atoms with Gasteiger partial charge in [0.25, 0.3) is 0 Å². The van der Waals surface area contributed by atoms with Crippen molar-refractivity contribution in [3.8, 4) is 0 Å². The van der Waals surface area contributed by atoms with E-state index in [1.54, 1.807) is 0 Å². The van der Waals surface area contributed by atoms with Crippen molar-refractivity contribution in [1.29, 1.82) is 0 Å². The van der Waals surface area contributed by atoms with Crippen molar-refractivity contribution in [3.63, 3.8) is 0 Å². The van der Waals surface area contributed by atoms with Crippen LogP contribution in [0.4, 0.5) is 8.78 Å². The number of alkyl halides is 2. The average molecular weight is 246 g/mol. The lowest BCUT2D eigenvalue weighted by Crippen LogP contribution is -2.68. The molecule has 4 atom stereocenters. The summed E-state index contributed by atoms with van der Waals surface area (Å²) in [4.78, 5) is 11.8. The normalized spacial score (nSPS) is 56.0. The van der Waals surface area contributed by atoms with E-state index in [2.05, 4.69) is 4.74 Å². The molecule has 0 aromatic carbocycles. The monoisotopic (exact) mass is 246 g/mol. The molecule has 0 aromatic heterocycles. The Hall–Kier alpha value is -0.710. The van der Waals surface area contributed by atoms with E-state index in [1.807, 2.05) is 0 Å². The molecule has 0 aliphatic heterocycles. The van der Waals surface area contributed by atoms with Crippen molar-refractivity contribution in [2.75, 3.05) is 7.11 Å². The van der Waals surface area contributed by atoms with Gasteiger partial charge in [-0.1, -0.05) is 0 Å². The molecular formula is C12H16F2O3. The minimum Gasteiger partial charge on any atom is -0.469 e. The van der Waals surface area contributed by atoms with Gasteiger partial charge in [-0.3, -0.25) is 4.79 Å². The number of aliphatic hydroxyl groups is 1. The number of carbonyl (C=O) groups is 1. The number of halogens is 2. The van der Waals surface area contributed by atoms with Gasteiger partial charge in [-0.2, -0.15) is 0 Å². The molecule has 4 bridgehead atoms. The summed E-state index contributed by atoms with van der Waals surface area (Å²) in [6, 6.07) is 0. The minimum atomic E-state index is -1.76. The number of carbonyl (C=O) groups excluding carboxylic acids is 1. The fourth-order valence-electron chi connectivity index (χ4n) is 4.77. The van der Waals surface area contributed by atoms with Gasteiger partial charge in [-0.05, 0) is 19.3 Å². The Labute approximate surface area is 98.1 Å². The highest BCUT2D eigenvalue weighted by Gasteiger charge is 2.72. The lowest BCUT2D eigenvalue weighted by atomic mass is 9.46. The average Bonchev–Trinajstić information content (AvgIpc) is 2.08. The first-order valence-corrected chi connectivity index (χ1v) is 5.91. The number of hydrogen-bond acceptors (Lipinski definition) is 3. The molecule has 4 aliphatic rings. The number of esters is 1. The van der Waals surface area contributed by atoms with Crippen molar-refractivity contribution in [1.82, 2.24) is 0 Å². The van der Waals surface area contributed by atoms with Gasteiger partial charge < -0.3 is 9.84 Å². The lowest BCUT2D eigenvalue weighted by Gasteiger charge is -2.62. The van der Waals surface area contributed by atoms with Gasteiger partial charge in [0.05, 0.1) is 18.1 Å². The smallest absolute Gasteiger partial charge is 0.312 e. The molecule has 0 saturated heterocycles. The Morgan fingerprint density at radius 1 is 1.06 bits per heavy atom. The van der Waals surface area contributed by atoms with Gasteiger partial charge in [0.15, 0.2) is 0 Å². The van der Waals surface area contributed by atoms with E-state index in [-0.39, 0.29) is 38.5 Å². The second-order valence-corrected chi connectivity index (χ2v) is 6.36.